The van der Waals surface area contributed by atoms with Crippen LogP contribution in [0.1, 0.15) is 49.2 Å². The summed E-state index contributed by atoms with van der Waals surface area (Å²) in [6.07, 6.45) is 1.36. The molecule has 0 radical (unpaired) electrons. The quantitative estimate of drug-likeness (QED) is 0.162. The van der Waals surface area contributed by atoms with E-state index >= 15 is 0 Å². The first kappa shape index (κ1) is 27.4. The van der Waals surface area contributed by atoms with E-state index in [1.807, 2.05) is 75.5 Å². The van der Waals surface area contributed by atoms with Crippen LogP contribution < -0.4 is 10.1 Å². The van der Waals surface area contributed by atoms with Crippen molar-refractivity contribution in [2.24, 2.45) is 7.05 Å². The highest BCUT2D eigenvalue weighted by atomic mass is 16.5. The highest BCUT2D eigenvalue weighted by Crippen LogP contribution is 2.49. The van der Waals surface area contributed by atoms with Gasteiger partial charge in [-0.1, -0.05) is 55.5 Å². The second-order valence-electron chi connectivity index (χ2n) is 10.1. The molecule has 1 amide bonds. The lowest BCUT2D eigenvalue weighted by Gasteiger charge is -2.25. The van der Waals surface area contributed by atoms with E-state index in [1.165, 1.54) is 0 Å². The van der Waals surface area contributed by atoms with Crippen molar-refractivity contribution in [2.45, 2.75) is 52.1 Å². The summed E-state index contributed by atoms with van der Waals surface area (Å²) in [5.74, 6) is -0.223. The molecular formula is C32H35N3O5. The van der Waals surface area contributed by atoms with E-state index in [2.05, 4.69) is 10.4 Å². The maximum absolute atomic E-state index is 13.8. The molecule has 2 heterocycles. The van der Waals surface area contributed by atoms with Crippen LogP contribution in [-0.2, 0) is 39.8 Å². The third kappa shape index (κ3) is 4.42. The molecule has 1 aliphatic rings. The zero-order valence-corrected chi connectivity index (χ0v) is 23.4. The van der Waals surface area contributed by atoms with E-state index in [1.54, 1.807) is 11.6 Å². The lowest BCUT2D eigenvalue weighted by Crippen LogP contribution is -2.44. The Balaban J connectivity index is 1.52. The molecule has 1 aliphatic heterocycles. The molecule has 0 saturated carbocycles. The number of carbonyl (C=O) groups excluding carboxylic acids is 2. The summed E-state index contributed by atoms with van der Waals surface area (Å²) in [6, 6.07) is 17.7. The van der Waals surface area contributed by atoms with Gasteiger partial charge in [0, 0.05) is 34.8 Å². The fraction of sp³-hybridized carbons (Fsp3) is 0.344. The van der Waals surface area contributed by atoms with E-state index in [0.29, 0.717) is 36.4 Å². The predicted octanol–water partition coefficient (Wildman–Crippen LogP) is 5.22. The van der Waals surface area contributed by atoms with Crippen molar-refractivity contribution in [1.82, 2.24) is 9.78 Å². The molecule has 40 heavy (non-hydrogen) atoms. The maximum atomic E-state index is 13.8. The Bertz CT molecular complexity index is 1590. The first-order valence-electron chi connectivity index (χ1n) is 13.8. The second kappa shape index (κ2) is 11.1. The van der Waals surface area contributed by atoms with Crippen molar-refractivity contribution in [3.8, 4) is 16.9 Å². The van der Waals surface area contributed by atoms with Crippen molar-refractivity contribution < 1.29 is 24.2 Å². The normalized spacial score (nSPS) is 16.2. The standard InChI is InChI=1S/C32H35N3O5/c1-5-25-28(24(19-36)34-35(25)4)27-20(3)15-16-23-29(27)33-30(37)32(23,31(38)39-6-2)17-10-18-40-26-14-9-12-21-11-7-8-13-22(21)26/h7-9,11-16,36H,5-6,10,17-19H2,1-4H3,(H,33,37). The van der Waals surface area contributed by atoms with E-state index in [-0.39, 0.29) is 19.6 Å². The number of aromatic nitrogens is 2. The zero-order valence-electron chi connectivity index (χ0n) is 23.4. The number of fused-ring (bicyclic) bond motifs is 2. The van der Waals surface area contributed by atoms with Crippen molar-refractivity contribution in [3.63, 3.8) is 0 Å². The largest absolute Gasteiger partial charge is 0.493 e. The molecule has 1 unspecified atom stereocenters. The fourth-order valence-corrected chi connectivity index (χ4v) is 5.93. The highest BCUT2D eigenvalue weighted by molar-refractivity contribution is 6.21. The zero-order chi connectivity index (χ0) is 28.4. The maximum Gasteiger partial charge on any atom is 0.326 e. The summed E-state index contributed by atoms with van der Waals surface area (Å²) in [7, 11) is 1.84. The van der Waals surface area contributed by atoms with Crippen molar-refractivity contribution in [2.75, 3.05) is 18.5 Å². The number of amides is 1. The summed E-state index contributed by atoms with van der Waals surface area (Å²) >= 11 is 0. The molecular weight excluding hydrogens is 506 g/mol. The molecule has 208 valence electrons. The number of anilines is 1. The number of aliphatic hydroxyl groups excluding tert-OH is 1. The van der Waals surface area contributed by atoms with Gasteiger partial charge in [0.15, 0.2) is 5.41 Å². The van der Waals surface area contributed by atoms with Crippen LogP contribution >= 0.6 is 0 Å². The van der Waals surface area contributed by atoms with E-state index in [4.69, 9.17) is 9.47 Å². The summed E-state index contributed by atoms with van der Waals surface area (Å²) in [6.45, 7) is 5.96. The van der Waals surface area contributed by atoms with Crippen molar-refractivity contribution in [3.05, 3.63) is 77.1 Å². The van der Waals surface area contributed by atoms with Crippen LogP contribution in [0.25, 0.3) is 21.9 Å². The fourth-order valence-electron chi connectivity index (χ4n) is 5.93. The predicted molar refractivity (Wildman–Crippen MR) is 154 cm³/mol. The van der Waals surface area contributed by atoms with Crippen molar-refractivity contribution in [1.29, 1.82) is 0 Å². The molecule has 3 aromatic carbocycles. The molecule has 0 saturated heterocycles. The molecule has 1 aromatic heterocycles. The second-order valence-corrected chi connectivity index (χ2v) is 10.1. The number of aliphatic hydroxyl groups is 1. The lowest BCUT2D eigenvalue weighted by molar-refractivity contribution is -0.153. The average Bonchev–Trinajstić information content (AvgIpc) is 3.43. The summed E-state index contributed by atoms with van der Waals surface area (Å²) in [4.78, 5) is 27.4. The molecule has 0 spiro atoms. The average molecular weight is 542 g/mol. The van der Waals surface area contributed by atoms with Gasteiger partial charge in [0.1, 0.15) is 5.75 Å². The van der Waals surface area contributed by atoms with Gasteiger partial charge < -0.3 is 19.9 Å². The van der Waals surface area contributed by atoms with Gasteiger partial charge in [-0.15, -0.1) is 0 Å². The number of nitrogens with one attached hydrogen (secondary N) is 1. The number of esters is 1. The third-order valence-corrected chi connectivity index (χ3v) is 7.80. The Morgan fingerprint density at radius 2 is 1.85 bits per heavy atom. The van der Waals surface area contributed by atoms with Crippen LogP contribution in [0.2, 0.25) is 0 Å². The summed E-state index contributed by atoms with van der Waals surface area (Å²) in [5, 5.41) is 19.8. The highest BCUT2D eigenvalue weighted by Gasteiger charge is 2.54. The number of rotatable bonds is 10. The Labute approximate surface area is 233 Å². The molecule has 5 rings (SSSR count). The van der Waals surface area contributed by atoms with Gasteiger partial charge in [-0.25, -0.2) is 0 Å². The van der Waals surface area contributed by atoms with Gasteiger partial charge >= 0.3 is 5.97 Å². The van der Waals surface area contributed by atoms with Crippen LogP contribution in [0.4, 0.5) is 5.69 Å². The summed E-state index contributed by atoms with van der Waals surface area (Å²) in [5.41, 5.74) is 3.59. The van der Waals surface area contributed by atoms with Gasteiger partial charge in [0.25, 0.3) is 0 Å². The minimum absolute atomic E-state index is 0.158. The minimum atomic E-state index is -1.51. The van der Waals surface area contributed by atoms with Crippen molar-refractivity contribution >= 4 is 28.3 Å². The van der Waals surface area contributed by atoms with Gasteiger partial charge in [0.05, 0.1) is 31.2 Å². The van der Waals surface area contributed by atoms with E-state index in [9.17, 15) is 14.7 Å². The number of aryl methyl sites for hydroxylation is 2. The number of hydrogen-bond acceptors (Lipinski definition) is 6. The first-order chi connectivity index (χ1) is 19.4. The molecule has 0 bridgehead atoms. The number of carbonyl (C=O) groups is 2. The summed E-state index contributed by atoms with van der Waals surface area (Å²) < 4.78 is 13.4. The molecule has 4 aromatic rings. The molecule has 8 heteroatoms. The number of ether oxygens (including phenoxy) is 2. The Morgan fingerprint density at radius 1 is 1.07 bits per heavy atom. The minimum Gasteiger partial charge on any atom is -0.493 e. The van der Waals surface area contributed by atoms with Gasteiger partial charge in [-0.05, 0) is 50.1 Å². The van der Waals surface area contributed by atoms with Crippen LogP contribution in [0.3, 0.4) is 0 Å². The Kier molecular flexibility index (Phi) is 7.63. The number of hydrogen-bond donors (Lipinski definition) is 2. The monoisotopic (exact) mass is 541 g/mol. The lowest BCUT2D eigenvalue weighted by atomic mass is 9.76. The first-order valence-corrected chi connectivity index (χ1v) is 13.8. The van der Waals surface area contributed by atoms with Crippen LogP contribution in [0.5, 0.6) is 5.75 Å². The van der Waals surface area contributed by atoms with Crippen LogP contribution in [0.15, 0.2) is 54.6 Å². The third-order valence-electron chi connectivity index (χ3n) is 7.80. The van der Waals surface area contributed by atoms with Crippen LogP contribution in [0, 0.1) is 6.92 Å². The van der Waals surface area contributed by atoms with Gasteiger partial charge in [-0.3, -0.25) is 14.3 Å². The smallest absolute Gasteiger partial charge is 0.326 e. The van der Waals surface area contributed by atoms with Crippen LogP contribution in [-0.4, -0.2) is 40.0 Å². The molecule has 8 nitrogen and oxygen atoms in total. The molecule has 2 N–H and O–H groups in total. The Morgan fingerprint density at radius 3 is 2.60 bits per heavy atom. The molecule has 0 aliphatic carbocycles. The molecule has 1 atom stereocenters. The van der Waals surface area contributed by atoms with Gasteiger partial charge in [-0.2, -0.15) is 5.10 Å². The number of benzene rings is 3. The Hall–Kier alpha value is -4.17. The van der Waals surface area contributed by atoms with E-state index in [0.717, 1.165) is 38.9 Å². The SMILES string of the molecule is CCOC(=O)C1(CCCOc2cccc3ccccc23)C(=O)Nc2c1ccc(C)c2-c1c(CO)nn(C)c1CC. The van der Waals surface area contributed by atoms with E-state index < -0.39 is 17.3 Å². The van der Waals surface area contributed by atoms with Gasteiger partial charge in [0.2, 0.25) is 5.91 Å². The number of nitrogens with zero attached hydrogens (tertiary/aromatic N) is 2. The molecule has 0 fully saturated rings. The topological polar surface area (TPSA) is 103 Å².